The molecule has 0 saturated carbocycles. The summed E-state index contributed by atoms with van der Waals surface area (Å²) in [5.41, 5.74) is 2.78. The van der Waals surface area contributed by atoms with Crippen LogP contribution in [0.2, 0.25) is 0 Å². The molecule has 0 fully saturated rings. The van der Waals surface area contributed by atoms with Crippen LogP contribution in [0.1, 0.15) is 11.1 Å². The summed E-state index contributed by atoms with van der Waals surface area (Å²) in [6.07, 6.45) is 0. The van der Waals surface area contributed by atoms with E-state index in [1.165, 1.54) is 11.1 Å². The first-order chi connectivity index (χ1) is 8.45. The molecule has 0 aromatic heterocycles. The van der Waals surface area contributed by atoms with Crippen LogP contribution in [-0.2, 0) is 13.1 Å². The first kappa shape index (κ1) is 11.8. The summed E-state index contributed by atoms with van der Waals surface area (Å²) in [5.74, 6) is 0. The molecule has 0 radical (unpaired) electrons. The van der Waals surface area contributed by atoms with Gasteiger partial charge in [-0.2, -0.15) is 0 Å². The molecule has 0 aliphatic carbocycles. The third-order valence-electron chi connectivity index (χ3n) is 2.78. The molecule has 0 bridgehead atoms. The van der Waals surface area contributed by atoms with Gasteiger partial charge in [-0.05, 0) is 0 Å². The third kappa shape index (κ3) is 4.39. The van der Waals surface area contributed by atoms with Crippen LogP contribution in [0.3, 0.4) is 0 Å². The van der Waals surface area contributed by atoms with Crippen molar-refractivity contribution in [3.63, 3.8) is 0 Å². The lowest BCUT2D eigenvalue weighted by atomic mass is 10.2. The maximum absolute atomic E-state index is 2.33. The molecular formula is C15H20N2+2. The van der Waals surface area contributed by atoms with Gasteiger partial charge in [0.1, 0.15) is 13.1 Å². The normalized spacial score (nSPS) is 10.4. The number of hydrogen-bond donors (Lipinski definition) is 2. The fourth-order valence-electron chi connectivity index (χ4n) is 1.85. The van der Waals surface area contributed by atoms with Crippen LogP contribution >= 0.6 is 0 Å². The van der Waals surface area contributed by atoms with Gasteiger partial charge in [0.2, 0.25) is 6.67 Å². The standard InChI is InChI=1S/C15H18N2/c1-3-7-14(8-4-1)11-16-13-17-12-15-9-5-2-6-10-15/h1-10,16-17H,11-13H2/p+2. The lowest BCUT2D eigenvalue weighted by molar-refractivity contribution is -0.872. The Kier molecular flexibility index (Phi) is 4.76. The lowest BCUT2D eigenvalue weighted by Gasteiger charge is -2.02. The summed E-state index contributed by atoms with van der Waals surface area (Å²) in [4.78, 5) is 0. The molecule has 0 saturated heterocycles. The Hall–Kier alpha value is -1.64. The Balaban J connectivity index is 1.61. The van der Waals surface area contributed by atoms with Crippen molar-refractivity contribution in [3.8, 4) is 0 Å². The molecule has 0 aliphatic rings. The van der Waals surface area contributed by atoms with Crippen LogP contribution < -0.4 is 10.6 Å². The zero-order valence-electron chi connectivity index (χ0n) is 10.0. The van der Waals surface area contributed by atoms with Crippen molar-refractivity contribution in [2.45, 2.75) is 13.1 Å². The van der Waals surface area contributed by atoms with E-state index in [4.69, 9.17) is 0 Å². The number of benzene rings is 2. The second-order valence-electron chi connectivity index (χ2n) is 4.19. The molecule has 2 heteroatoms. The molecule has 0 unspecified atom stereocenters. The van der Waals surface area contributed by atoms with E-state index in [-0.39, 0.29) is 0 Å². The van der Waals surface area contributed by atoms with Crippen molar-refractivity contribution in [1.82, 2.24) is 0 Å². The average molecular weight is 228 g/mol. The maximum atomic E-state index is 2.33. The smallest absolute Gasteiger partial charge is 0.201 e. The van der Waals surface area contributed by atoms with Crippen molar-refractivity contribution in [1.29, 1.82) is 0 Å². The molecule has 2 aromatic carbocycles. The van der Waals surface area contributed by atoms with E-state index < -0.39 is 0 Å². The van der Waals surface area contributed by atoms with Crippen LogP contribution in [0.5, 0.6) is 0 Å². The second-order valence-corrected chi connectivity index (χ2v) is 4.19. The molecule has 2 nitrogen and oxygen atoms in total. The Morgan fingerprint density at radius 1 is 0.588 bits per heavy atom. The molecule has 0 heterocycles. The van der Waals surface area contributed by atoms with Crippen LogP contribution in [0, 0.1) is 0 Å². The summed E-state index contributed by atoms with van der Waals surface area (Å²) >= 11 is 0. The quantitative estimate of drug-likeness (QED) is 0.532. The molecule has 0 spiro atoms. The van der Waals surface area contributed by atoms with Crippen LogP contribution in [0.25, 0.3) is 0 Å². The number of quaternary nitrogens is 2. The van der Waals surface area contributed by atoms with Crippen molar-refractivity contribution < 1.29 is 10.6 Å². The molecule has 0 atom stereocenters. The van der Waals surface area contributed by atoms with Gasteiger partial charge >= 0.3 is 0 Å². The van der Waals surface area contributed by atoms with Gasteiger partial charge in [0.25, 0.3) is 0 Å². The summed E-state index contributed by atoms with van der Waals surface area (Å²) in [7, 11) is 0. The van der Waals surface area contributed by atoms with E-state index in [2.05, 4.69) is 71.3 Å². The number of hydrogen-bond acceptors (Lipinski definition) is 0. The Bertz CT molecular complexity index is 370. The minimum Gasteiger partial charge on any atom is -0.296 e. The summed E-state index contributed by atoms with van der Waals surface area (Å²) < 4.78 is 0. The van der Waals surface area contributed by atoms with E-state index in [1.807, 2.05) is 0 Å². The van der Waals surface area contributed by atoms with Crippen LogP contribution in [-0.4, -0.2) is 6.67 Å². The van der Waals surface area contributed by atoms with Gasteiger partial charge in [0, 0.05) is 11.1 Å². The fraction of sp³-hybridized carbons (Fsp3) is 0.200. The van der Waals surface area contributed by atoms with Crippen molar-refractivity contribution in [2.24, 2.45) is 0 Å². The third-order valence-corrected chi connectivity index (χ3v) is 2.78. The Labute approximate surface area is 103 Å². The molecular weight excluding hydrogens is 208 g/mol. The number of nitrogens with two attached hydrogens (primary N) is 2. The maximum Gasteiger partial charge on any atom is 0.201 e. The minimum atomic E-state index is 1.06. The van der Waals surface area contributed by atoms with E-state index in [0.29, 0.717) is 0 Å². The Morgan fingerprint density at radius 2 is 1.00 bits per heavy atom. The molecule has 17 heavy (non-hydrogen) atoms. The predicted octanol–water partition coefficient (Wildman–Crippen LogP) is 0.471. The van der Waals surface area contributed by atoms with Crippen molar-refractivity contribution >= 4 is 0 Å². The zero-order chi connectivity index (χ0) is 11.8. The van der Waals surface area contributed by atoms with E-state index in [1.54, 1.807) is 0 Å². The van der Waals surface area contributed by atoms with Gasteiger partial charge in [-0.1, -0.05) is 60.7 Å². The molecule has 88 valence electrons. The molecule has 2 aromatic rings. The highest BCUT2D eigenvalue weighted by Gasteiger charge is 1.96. The second kappa shape index (κ2) is 6.84. The highest BCUT2D eigenvalue weighted by molar-refractivity contribution is 5.13. The van der Waals surface area contributed by atoms with Crippen molar-refractivity contribution in [3.05, 3.63) is 71.8 Å². The van der Waals surface area contributed by atoms with Crippen LogP contribution in [0.15, 0.2) is 60.7 Å². The van der Waals surface area contributed by atoms with E-state index in [9.17, 15) is 0 Å². The van der Waals surface area contributed by atoms with Gasteiger partial charge < -0.3 is 0 Å². The summed E-state index contributed by atoms with van der Waals surface area (Å²) in [6.45, 7) is 3.20. The predicted molar refractivity (Wildman–Crippen MR) is 69.0 cm³/mol. The van der Waals surface area contributed by atoms with Crippen LogP contribution in [0.4, 0.5) is 0 Å². The number of rotatable bonds is 6. The average Bonchev–Trinajstić information content (AvgIpc) is 2.41. The molecule has 2 rings (SSSR count). The summed E-state index contributed by atoms with van der Waals surface area (Å²) in [6, 6.07) is 21.2. The zero-order valence-corrected chi connectivity index (χ0v) is 10.0. The monoisotopic (exact) mass is 228 g/mol. The van der Waals surface area contributed by atoms with Gasteiger partial charge in [0.15, 0.2) is 0 Å². The Morgan fingerprint density at radius 3 is 1.41 bits per heavy atom. The van der Waals surface area contributed by atoms with E-state index >= 15 is 0 Å². The molecule has 0 amide bonds. The lowest BCUT2D eigenvalue weighted by Crippen LogP contribution is -3.04. The van der Waals surface area contributed by atoms with Gasteiger partial charge in [-0.15, -0.1) is 0 Å². The fourth-order valence-corrected chi connectivity index (χ4v) is 1.85. The van der Waals surface area contributed by atoms with Crippen molar-refractivity contribution in [2.75, 3.05) is 6.67 Å². The van der Waals surface area contributed by atoms with E-state index in [0.717, 1.165) is 19.8 Å². The van der Waals surface area contributed by atoms with Gasteiger partial charge in [-0.3, -0.25) is 10.6 Å². The SMILES string of the molecule is c1ccc(C[NH2+]C[NH2+]Cc2ccccc2)cc1. The largest absolute Gasteiger partial charge is 0.296 e. The molecule has 4 N–H and O–H groups in total. The first-order valence-electron chi connectivity index (χ1n) is 6.16. The van der Waals surface area contributed by atoms with Gasteiger partial charge in [0.05, 0.1) is 0 Å². The summed E-state index contributed by atoms with van der Waals surface area (Å²) in [5, 5.41) is 4.66. The highest BCUT2D eigenvalue weighted by Crippen LogP contribution is 1.94. The molecule has 0 aliphatic heterocycles. The van der Waals surface area contributed by atoms with Gasteiger partial charge in [-0.25, -0.2) is 0 Å². The highest BCUT2D eigenvalue weighted by atomic mass is 15.0. The topological polar surface area (TPSA) is 33.2 Å². The first-order valence-corrected chi connectivity index (χ1v) is 6.16. The minimum absolute atomic E-state index is 1.06.